The summed E-state index contributed by atoms with van der Waals surface area (Å²) in [7, 11) is -3.34. The smallest absolute Gasteiger partial charge is 0.435 e. The van der Waals surface area contributed by atoms with Gasteiger partial charge in [-0.1, -0.05) is 61.9 Å². The molecular formula is C31H31F3N6O7S. The number of likely N-dealkylation sites (N-methyl/N-ethyl adjacent to an activating group) is 1. The predicted octanol–water partition coefficient (Wildman–Crippen LogP) is 5.25. The maximum atomic E-state index is 13.6. The highest BCUT2D eigenvalue weighted by Crippen LogP contribution is 2.33. The fourth-order valence-corrected chi connectivity index (χ4v) is 5.54. The Kier molecular flexibility index (Phi) is 10.7. The van der Waals surface area contributed by atoms with E-state index in [2.05, 4.69) is 10.4 Å². The van der Waals surface area contributed by atoms with Crippen LogP contribution in [0.15, 0.2) is 95.1 Å². The highest BCUT2D eigenvalue weighted by molar-refractivity contribution is 7.90. The summed E-state index contributed by atoms with van der Waals surface area (Å²) in [6.45, 7) is 4.23. The average Bonchev–Trinajstić information content (AvgIpc) is 3.50. The average molecular weight is 689 g/mol. The second-order valence-corrected chi connectivity index (χ2v) is 12.5. The number of alkyl halides is 3. The fourth-order valence-electron chi connectivity index (χ4n) is 4.54. The molecule has 0 fully saturated rings. The molecule has 17 heteroatoms. The third-order valence-corrected chi connectivity index (χ3v) is 8.29. The lowest BCUT2D eigenvalue weighted by Crippen LogP contribution is -2.51. The van der Waals surface area contributed by atoms with E-state index in [0.29, 0.717) is 5.56 Å². The van der Waals surface area contributed by atoms with E-state index < -0.39 is 52.5 Å². The van der Waals surface area contributed by atoms with Crippen LogP contribution in [0.5, 0.6) is 0 Å². The molecule has 0 unspecified atom stereocenters. The lowest BCUT2D eigenvalue weighted by Gasteiger charge is -2.25. The molecule has 0 radical (unpaired) electrons. The molecule has 0 aliphatic rings. The van der Waals surface area contributed by atoms with Crippen molar-refractivity contribution in [3.63, 3.8) is 0 Å². The summed E-state index contributed by atoms with van der Waals surface area (Å²) in [4.78, 5) is 29.4. The largest absolute Gasteiger partial charge is 0.569 e. The molecule has 254 valence electrons. The number of carbonyl (C=O) groups is 2. The fraction of sp³-hybridized carbons (Fsp3) is 0.258. The second kappa shape index (κ2) is 14.5. The van der Waals surface area contributed by atoms with Crippen molar-refractivity contribution < 1.29 is 45.7 Å². The highest BCUT2D eigenvalue weighted by Gasteiger charge is 2.36. The molecule has 1 amide bonds. The zero-order valence-corrected chi connectivity index (χ0v) is 26.9. The van der Waals surface area contributed by atoms with Gasteiger partial charge in [0.15, 0.2) is 11.7 Å². The first-order valence-corrected chi connectivity index (χ1v) is 15.7. The van der Waals surface area contributed by atoms with Crippen molar-refractivity contribution >= 4 is 21.9 Å². The van der Waals surface area contributed by atoms with Gasteiger partial charge in [-0.15, -0.1) is 5.01 Å². The number of amides is 1. The molecule has 13 nitrogen and oxygen atoms in total. The summed E-state index contributed by atoms with van der Waals surface area (Å²) in [5.74, 6) is -2.42. The first kappa shape index (κ1) is 35.4. The zero-order chi connectivity index (χ0) is 35.2. The minimum Gasteiger partial charge on any atom is -0.569 e. The molecule has 1 aromatic heterocycles. The van der Waals surface area contributed by atoms with Gasteiger partial charge in [-0.3, -0.25) is 4.79 Å². The number of halogens is 3. The van der Waals surface area contributed by atoms with Gasteiger partial charge in [0.05, 0.1) is 33.9 Å². The summed E-state index contributed by atoms with van der Waals surface area (Å²) in [6.07, 6.45) is -4.73. The second-order valence-electron chi connectivity index (χ2n) is 10.8. The Morgan fingerprint density at radius 3 is 2.25 bits per heavy atom. The SMILES string of the molecule is Cc1ccc(-c2cc(C(F)(F)F)nn2-c2ccc(S(=O)(=O)NC(=O)[C@H](C(C)C)N(C)/[N+]([O-])=N\OCOC(=O)c3ccccc3)cc2)cc1. The van der Waals surface area contributed by atoms with Crippen molar-refractivity contribution in [2.75, 3.05) is 13.8 Å². The Balaban J connectivity index is 1.47. The zero-order valence-electron chi connectivity index (χ0n) is 26.1. The van der Waals surface area contributed by atoms with Crippen molar-refractivity contribution in [1.29, 1.82) is 0 Å². The number of sulfonamides is 1. The van der Waals surface area contributed by atoms with Crippen LogP contribution < -0.4 is 4.72 Å². The van der Waals surface area contributed by atoms with Crippen LogP contribution in [0.2, 0.25) is 0 Å². The van der Waals surface area contributed by atoms with E-state index >= 15 is 0 Å². The first-order valence-electron chi connectivity index (χ1n) is 14.2. The standard InChI is InChI=1S/C31H31F3N6O7S/c1-20(2)28(38(4)40(43)37-47-19-46-30(42)23-8-6-5-7-9-23)29(41)36-48(44,45)25-16-14-24(15-17-25)39-26(18-27(35-39)31(32,33)34)22-12-10-21(3)11-13-22/h5-18,20,28H,19H2,1-4H3,(H,36,41)/b40-37+/t28-/m0/s1. The minimum absolute atomic E-state index is 0.104. The molecule has 4 aromatic rings. The van der Waals surface area contributed by atoms with Crippen molar-refractivity contribution in [3.05, 3.63) is 107 Å². The van der Waals surface area contributed by atoms with Gasteiger partial charge in [0.1, 0.15) is 0 Å². The summed E-state index contributed by atoms with van der Waals surface area (Å²) < 4.78 is 74.8. The van der Waals surface area contributed by atoms with Crippen molar-refractivity contribution in [2.24, 2.45) is 11.2 Å². The number of rotatable bonds is 12. The Hall–Kier alpha value is -5.45. The van der Waals surface area contributed by atoms with Crippen molar-refractivity contribution in [3.8, 4) is 16.9 Å². The molecule has 0 saturated heterocycles. The van der Waals surface area contributed by atoms with E-state index in [0.717, 1.165) is 33.5 Å². The molecule has 0 saturated carbocycles. The number of carbonyl (C=O) groups excluding carboxylic acids is 2. The van der Waals surface area contributed by atoms with E-state index in [9.17, 15) is 36.4 Å². The molecule has 0 spiro atoms. The molecule has 1 atom stereocenters. The number of aryl methyl sites for hydroxylation is 1. The van der Waals surface area contributed by atoms with Crippen LogP contribution in [0, 0.1) is 18.0 Å². The molecule has 3 aromatic carbocycles. The van der Waals surface area contributed by atoms with E-state index in [1.54, 1.807) is 56.3 Å². The Morgan fingerprint density at radius 2 is 1.67 bits per heavy atom. The van der Waals surface area contributed by atoms with Crippen LogP contribution in [-0.2, 0) is 30.6 Å². The summed E-state index contributed by atoms with van der Waals surface area (Å²) in [5.41, 5.74) is 0.714. The van der Waals surface area contributed by atoms with E-state index in [-0.39, 0.29) is 26.8 Å². The number of ether oxygens (including phenoxy) is 1. The van der Waals surface area contributed by atoms with Gasteiger partial charge >= 0.3 is 12.1 Å². The summed E-state index contributed by atoms with van der Waals surface area (Å²) in [6, 6.07) is 19.0. The van der Waals surface area contributed by atoms with Gasteiger partial charge in [-0.25, -0.2) is 22.6 Å². The third kappa shape index (κ3) is 8.47. The number of nitrogens with zero attached hydrogens (tertiary/aromatic N) is 5. The third-order valence-electron chi connectivity index (χ3n) is 6.93. The maximum Gasteiger partial charge on any atom is 0.435 e. The maximum absolute atomic E-state index is 13.6. The molecule has 0 aliphatic carbocycles. The number of hydrogen-bond donors (Lipinski definition) is 1. The van der Waals surface area contributed by atoms with Gasteiger partial charge < -0.3 is 14.8 Å². The molecule has 1 heterocycles. The molecular weight excluding hydrogens is 657 g/mol. The van der Waals surface area contributed by atoms with Crippen molar-refractivity contribution in [1.82, 2.24) is 19.5 Å². The van der Waals surface area contributed by atoms with E-state index in [1.165, 1.54) is 31.3 Å². The quantitative estimate of drug-likeness (QED) is 0.0524. The normalized spacial score (nSPS) is 12.8. The number of nitrogens with one attached hydrogen (secondary N) is 1. The number of hydrogen-bond acceptors (Lipinski definition) is 9. The van der Waals surface area contributed by atoms with Crippen LogP contribution in [0.3, 0.4) is 0 Å². The predicted molar refractivity (Wildman–Crippen MR) is 164 cm³/mol. The number of benzene rings is 3. The molecule has 48 heavy (non-hydrogen) atoms. The monoisotopic (exact) mass is 688 g/mol. The first-order chi connectivity index (χ1) is 22.6. The Morgan fingerprint density at radius 1 is 1.04 bits per heavy atom. The molecule has 0 bridgehead atoms. The van der Waals surface area contributed by atoms with Gasteiger partial charge in [-0.2, -0.15) is 18.3 Å². The molecule has 4 rings (SSSR count). The van der Waals surface area contributed by atoms with Crippen LogP contribution >= 0.6 is 0 Å². The van der Waals surface area contributed by atoms with Crippen LogP contribution in [-0.4, -0.2) is 59.9 Å². The van der Waals surface area contributed by atoms with Gasteiger partial charge in [0.25, 0.3) is 22.7 Å². The molecule has 0 aliphatic heterocycles. The van der Waals surface area contributed by atoms with Crippen LogP contribution in [0.4, 0.5) is 13.2 Å². The minimum atomic E-state index is -4.73. The van der Waals surface area contributed by atoms with Gasteiger partial charge in [0.2, 0.25) is 5.28 Å². The highest BCUT2D eigenvalue weighted by atomic mass is 32.2. The number of hydrazine groups is 1. The van der Waals surface area contributed by atoms with Crippen molar-refractivity contribution in [2.45, 2.75) is 37.9 Å². The van der Waals surface area contributed by atoms with E-state index in [1.807, 2.05) is 11.6 Å². The molecule has 1 N–H and O–H groups in total. The number of esters is 1. The van der Waals surface area contributed by atoms with E-state index in [4.69, 9.17) is 9.57 Å². The van der Waals surface area contributed by atoms with Crippen LogP contribution in [0.1, 0.15) is 35.5 Å². The topological polar surface area (TPSA) is 158 Å². The lowest BCUT2D eigenvalue weighted by molar-refractivity contribution is -0.712. The number of aromatic nitrogens is 2. The summed E-state index contributed by atoms with van der Waals surface area (Å²) >= 11 is 0. The van der Waals surface area contributed by atoms with Crippen LogP contribution in [0.25, 0.3) is 16.9 Å². The summed E-state index contributed by atoms with van der Waals surface area (Å²) in [5, 5.41) is 20.3. The van der Waals surface area contributed by atoms with Gasteiger partial charge in [0, 0.05) is 5.56 Å². The lowest BCUT2D eigenvalue weighted by atomic mass is 10.0. The Labute approximate surface area is 273 Å². The Bertz CT molecular complexity index is 1880. The van der Waals surface area contributed by atoms with Gasteiger partial charge in [-0.05, 0) is 55.3 Å².